The van der Waals surface area contributed by atoms with E-state index in [2.05, 4.69) is 132 Å². The second-order valence-electron chi connectivity index (χ2n) is 16.1. The molecule has 5 rings (SSSR count). The van der Waals surface area contributed by atoms with Gasteiger partial charge in [0.2, 0.25) is 0 Å². The van der Waals surface area contributed by atoms with E-state index in [4.69, 9.17) is 5.73 Å². The molecule has 54 heavy (non-hydrogen) atoms. The van der Waals surface area contributed by atoms with Gasteiger partial charge in [0, 0.05) is 71.6 Å². The van der Waals surface area contributed by atoms with Crippen molar-refractivity contribution >= 4 is 43.5 Å². The largest absolute Gasteiger partial charge is 0.399 e. The van der Waals surface area contributed by atoms with Crippen molar-refractivity contribution in [3.63, 3.8) is 0 Å². The van der Waals surface area contributed by atoms with Crippen LogP contribution in [0.2, 0.25) is 0 Å². The molecule has 3 aromatic rings. The highest BCUT2D eigenvalue weighted by Crippen LogP contribution is 2.34. The second-order valence-corrected chi connectivity index (χ2v) is 16.9. The predicted octanol–water partition coefficient (Wildman–Crippen LogP) is 9.83. The number of hydrogen-bond donors (Lipinski definition) is 1. The molecule has 0 radical (unpaired) electrons. The molecule has 0 atom stereocenters. The highest BCUT2D eigenvalue weighted by Gasteiger charge is 2.24. The second kappa shape index (κ2) is 19.7. The maximum absolute atomic E-state index is 13.1. The summed E-state index contributed by atoms with van der Waals surface area (Å²) in [6.07, 6.45) is 4.31. The molecule has 0 aromatic heterocycles. The fraction of sp³-hybridized carbons (Fsp3) is 0.478. The monoisotopic (exact) mass is 797 g/mol. The minimum absolute atomic E-state index is 0.0870. The van der Waals surface area contributed by atoms with Gasteiger partial charge in [-0.1, -0.05) is 63.5 Å². The van der Waals surface area contributed by atoms with Crippen LogP contribution in [-0.2, 0) is 0 Å². The summed E-state index contributed by atoms with van der Waals surface area (Å²) in [5.74, 6) is 0.193. The van der Waals surface area contributed by atoms with E-state index in [0.29, 0.717) is 0 Å². The van der Waals surface area contributed by atoms with E-state index in [0.717, 1.165) is 85.4 Å². The lowest BCUT2D eigenvalue weighted by atomic mass is 9.88. The van der Waals surface area contributed by atoms with Crippen LogP contribution >= 0.6 is 15.9 Å². The van der Waals surface area contributed by atoms with Gasteiger partial charge in [-0.2, -0.15) is 0 Å². The van der Waals surface area contributed by atoms with Crippen LogP contribution in [0.4, 0.5) is 5.69 Å². The molecule has 0 bridgehead atoms. The molecule has 2 heterocycles. The lowest BCUT2D eigenvalue weighted by Crippen LogP contribution is -2.42. The zero-order valence-corrected chi connectivity index (χ0v) is 36.0. The molecule has 0 aliphatic carbocycles. The molecular formula is C46H64BrN5O2. The van der Waals surface area contributed by atoms with Gasteiger partial charge in [-0.3, -0.25) is 9.59 Å². The lowest BCUT2D eigenvalue weighted by Gasteiger charge is -2.31. The van der Waals surface area contributed by atoms with Crippen LogP contribution in [0.5, 0.6) is 0 Å². The van der Waals surface area contributed by atoms with E-state index < -0.39 is 0 Å². The Kier molecular flexibility index (Phi) is 15.7. The van der Waals surface area contributed by atoms with Crippen molar-refractivity contribution in [3.05, 3.63) is 112 Å². The summed E-state index contributed by atoms with van der Waals surface area (Å²) in [4.78, 5) is 34.4. The molecule has 292 valence electrons. The number of rotatable bonds is 9. The Morgan fingerprint density at radius 1 is 0.556 bits per heavy atom. The number of piperidine rings is 2. The average molecular weight is 799 g/mol. The van der Waals surface area contributed by atoms with Crippen molar-refractivity contribution in [2.45, 2.75) is 105 Å². The molecule has 2 aliphatic rings. The van der Waals surface area contributed by atoms with E-state index >= 15 is 0 Å². The number of carbonyl (C=O) groups excluding carboxylic acids is 2. The lowest BCUT2D eigenvalue weighted by molar-refractivity contribution is 0.0634. The molecule has 7 nitrogen and oxygen atoms in total. The number of nitrogen functional groups attached to an aromatic ring is 1. The molecule has 2 N–H and O–H groups in total. The first-order valence-corrected chi connectivity index (χ1v) is 20.6. The molecule has 0 unspecified atom stereocenters. The summed E-state index contributed by atoms with van der Waals surface area (Å²) in [6.45, 7) is 20.9. The molecular weight excluding hydrogens is 734 g/mol. The number of nitrogens with two attached hydrogens (primary N) is 1. The van der Waals surface area contributed by atoms with E-state index in [1.165, 1.54) is 21.2 Å². The number of hydrogen-bond acceptors (Lipinski definition) is 5. The van der Waals surface area contributed by atoms with Gasteiger partial charge in [0.15, 0.2) is 0 Å². The van der Waals surface area contributed by atoms with Crippen molar-refractivity contribution in [3.8, 4) is 0 Å². The summed E-state index contributed by atoms with van der Waals surface area (Å²) >= 11 is 3.77. The molecule has 2 amide bonds. The van der Waals surface area contributed by atoms with Crippen molar-refractivity contribution in [1.29, 1.82) is 0 Å². The summed E-state index contributed by atoms with van der Waals surface area (Å²) in [5, 5.41) is 0. The fourth-order valence-electron chi connectivity index (χ4n) is 7.69. The van der Waals surface area contributed by atoms with Gasteiger partial charge < -0.3 is 25.3 Å². The summed E-state index contributed by atoms with van der Waals surface area (Å²) < 4.78 is 1.19. The third-order valence-electron chi connectivity index (χ3n) is 10.5. The molecule has 3 aromatic carbocycles. The van der Waals surface area contributed by atoms with Crippen molar-refractivity contribution in [1.82, 2.24) is 19.6 Å². The van der Waals surface area contributed by atoms with E-state index in [1.54, 1.807) is 0 Å². The Morgan fingerprint density at radius 3 is 1.31 bits per heavy atom. The molecule has 0 saturated carbocycles. The summed E-state index contributed by atoms with van der Waals surface area (Å²) in [6, 6.07) is 25.0. The van der Waals surface area contributed by atoms with Gasteiger partial charge in [0.05, 0.1) is 0 Å². The van der Waals surface area contributed by atoms with E-state index in [-0.39, 0.29) is 36.0 Å². The van der Waals surface area contributed by atoms with Crippen molar-refractivity contribution in [2.24, 2.45) is 0 Å². The number of nitrogens with zero attached hydrogens (tertiary/aromatic N) is 4. The number of likely N-dealkylation sites (tertiary alicyclic amines) is 2. The van der Waals surface area contributed by atoms with E-state index in [1.807, 2.05) is 46.2 Å². The zero-order valence-electron chi connectivity index (χ0n) is 34.5. The first-order chi connectivity index (χ1) is 25.6. The van der Waals surface area contributed by atoms with Crippen LogP contribution in [0, 0.1) is 0 Å². The van der Waals surface area contributed by atoms with Crippen LogP contribution in [-0.4, -0.2) is 95.9 Å². The van der Waals surface area contributed by atoms with Gasteiger partial charge in [-0.25, -0.2) is 0 Å². The van der Waals surface area contributed by atoms with Crippen molar-refractivity contribution in [2.75, 3.05) is 46.0 Å². The predicted molar refractivity (Wildman–Crippen MR) is 232 cm³/mol. The smallest absolute Gasteiger partial charge is 0.254 e. The molecule has 2 saturated heterocycles. The van der Waals surface area contributed by atoms with Crippen LogP contribution in [0.1, 0.15) is 118 Å². The SMILES string of the molecule is CC(C)N(C(=O)c1ccc(C(=C2CCN(C)CC2)c2cccc(N)c2)cc1)C(C)C.CC(C)N(C(=O)c1ccc(C(Br)=C2CCN(C)CC2)cc1)C(C)C. The number of benzene rings is 3. The highest BCUT2D eigenvalue weighted by molar-refractivity contribution is 9.15. The maximum Gasteiger partial charge on any atom is 0.254 e. The van der Waals surface area contributed by atoms with Crippen molar-refractivity contribution < 1.29 is 9.59 Å². The highest BCUT2D eigenvalue weighted by atomic mass is 79.9. The minimum atomic E-state index is 0.0870. The number of anilines is 1. The average Bonchev–Trinajstić information content (AvgIpc) is 3.12. The Hall–Kier alpha value is -3.72. The molecule has 0 spiro atoms. The topological polar surface area (TPSA) is 73.1 Å². The first kappa shape index (κ1) is 43.0. The number of halogens is 1. The zero-order chi connectivity index (χ0) is 39.7. The van der Waals surface area contributed by atoms with Gasteiger partial charge in [-0.15, -0.1) is 0 Å². The summed E-state index contributed by atoms with van der Waals surface area (Å²) in [5.41, 5.74) is 16.0. The van der Waals surface area contributed by atoms with Crippen LogP contribution in [0.25, 0.3) is 10.1 Å². The Morgan fingerprint density at radius 2 is 0.926 bits per heavy atom. The van der Waals surface area contributed by atoms with E-state index in [9.17, 15) is 9.59 Å². The van der Waals surface area contributed by atoms with Crippen LogP contribution < -0.4 is 5.73 Å². The van der Waals surface area contributed by atoms with Crippen LogP contribution in [0.3, 0.4) is 0 Å². The maximum atomic E-state index is 13.1. The van der Waals surface area contributed by atoms with Gasteiger partial charge in [0.25, 0.3) is 11.8 Å². The molecule has 2 fully saturated rings. The third-order valence-corrected chi connectivity index (χ3v) is 11.5. The van der Waals surface area contributed by atoms with Gasteiger partial charge >= 0.3 is 0 Å². The first-order valence-electron chi connectivity index (χ1n) is 19.8. The minimum Gasteiger partial charge on any atom is -0.399 e. The fourth-order valence-corrected chi connectivity index (χ4v) is 8.35. The Bertz CT molecular complexity index is 1740. The van der Waals surface area contributed by atoms with Gasteiger partial charge in [0.1, 0.15) is 0 Å². The number of amides is 2. The van der Waals surface area contributed by atoms with Crippen LogP contribution in [0.15, 0.2) is 83.9 Å². The molecule has 8 heteroatoms. The standard InChI is InChI=1S/C26H35N3O.C20H29BrN2O/c1-18(2)29(19(3)4)26(30)22-11-9-20(10-12-22)25(21-13-15-28(5)16-14-21)23-7-6-8-24(27)17-23;1-14(2)23(15(3)4)20(24)18-8-6-16(7-9-18)19(21)17-10-12-22(5)13-11-17/h6-12,17-19H,13-16,27H2,1-5H3;6-9,14-15H,10-13H2,1-5H3. The third kappa shape index (κ3) is 11.2. The van der Waals surface area contributed by atoms with Gasteiger partial charge in [-0.05, 0) is 154 Å². The number of carbonyl (C=O) groups is 2. The normalized spacial score (nSPS) is 15.4. The Balaban J connectivity index is 0.000000247. The Labute approximate surface area is 334 Å². The quantitative estimate of drug-likeness (QED) is 0.218. The summed E-state index contributed by atoms with van der Waals surface area (Å²) in [7, 11) is 4.34. The molecule has 2 aliphatic heterocycles.